The van der Waals surface area contributed by atoms with Gasteiger partial charge in [0, 0.05) is 31.4 Å². The van der Waals surface area contributed by atoms with E-state index in [4.69, 9.17) is 5.73 Å². The van der Waals surface area contributed by atoms with Gasteiger partial charge in [0.25, 0.3) is 0 Å². The van der Waals surface area contributed by atoms with E-state index < -0.39 is 0 Å². The molecule has 2 N–H and O–H groups in total. The van der Waals surface area contributed by atoms with Crippen LogP contribution in [-0.4, -0.2) is 42.1 Å². The first kappa shape index (κ1) is 12.2. The Hall–Kier alpha value is -1.29. The average Bonchev–Trinajstić information content (AvgIpc) is 2.22. The lowest BCUT2D eigenvalue weighted by Gasteiger charge is -2.46. The van der Waals surface area contributed by atoms with E-state index in [1.807, 2.05) is 19.2 Å². The summed E-state index contributed by atoms with van der Waals surface area (Å²) in [4.78, 5) is 9.14. The predicted octanol–water partition coefficient (Wildman–Crippen LogP) is 1.50. The van der Waals surface area contributed by atoms with E-state index in [9.17, 15) is 0 Å². The second-order valence-corrected chi connectivity index (χ2v) is 5.58. The standard InChI is InChI=1S/C13H22N4/c1-10-7-11(14)12(15-8-10)17-6-5-16(4)13(2,3)9-17/h7-8H,5-6,9,14H2,1-4H3. The minimum absolute atomic E-state index is 0.164. The number of anilines is 2. The van der Waals surface area contributed by atoms with E-state index in [1.54, 1.807) is 0 Å². The molecule has 0 bridgehead atoms. The number of hydrogen-bond donors (Lipinski definition) is 1. The maximum atomic E-state index is 6.06. The highest BCUT2D eigenvalue weighted by Gasteiger charge is 2.32. The fraction of sp³-hybridized carbons (Fsp3) is 0.615. The number of nitrogen functional groups attached to an aromatic ring is 1. The Morgan fingerprint density at radius 1 is 1.35 bits per heavy atom. The number of pyridine rings is 1. The normalized spacial score (nSPS) is 20.6. The van der Waals surface area contributed by atoms with Crippen LogP contribution in [0.3, 0.4) is 0 Å². The SMILES string of the molecule is Cc1cnc(N2CCN(C)C(C)(C)C2)c(N)c1. The van der Waals surface area contributed by atoms with Gasteiger partial charge in [0.15, 0.2) is 5.82 Å². The second kappa shape index (κ2) is 4.18. The van der Waals surface area contributed by atoms with Crippen LogP contribution in [0.25, 0.3) is 0 Å². The molecule has 0 saturated carbocycles. The zero-order chi connectivity index (χ0) is 12.6. The Labute approximate surface area is 103 Å². The minimum Gasteiger partial charge on any atom is -0.396 e. The first-order valence-corrected chi connectivity index (χ1v) is 6.08. The number of nitrogens with two attached hydrogens (primary N) is 1. The monoisotopic (exact) mass is 234 g/mol. The summed E-state index contributed by atoms with van der Waals surface area (Å²) in [5.41, 5.74) is 8.12. The average molecular weight is 234 g/mol. The smallest absolute Gasteiger partial charge is 0.151 e. The molecule has 94 valence electrons. The van der Waals surface area contributed by atoms with Gasteiger partial charge in [-0.3, -0.25) is 4.90 Å². The van der Waals surface area contributed by atoms with Crippen molar-refractivity contribution < 1.29 is 0 Å². The van der Waals surface area contributed by atoms with Crippen molar-refractivity contribution >= 4 is 11.5 Å². The summed E-state index contributed by atoms with van der Waals surface area (Å²) in [5, 5.41) is 0. The third-order valence-electron chi connectivity index (χ3n) is 3.65. The molecule has 0 aliphatic carbocycles. The van der Waals surface area contributed by atoms with Gasteiger partial charge in [-0.05, 0) is 39.4 Å². The van der Waals surface area contributed by atoms with Crippen LogP contribution in [0.1, 0.15) is 19.4 Å². The van der Waals surface area contributed by atoms with E-state index in [-0.39, 0.29) is 5.54 Å². The molecule has 0 spiro atoms. The van der Waals surface area contributed by atoms with Crippen LogP contribution >= 0.6 is 0 Å². The Kier molecular flexibility index (Phi) is 3.00. The number of aryl methyl sites for hydroxylation is 1. The van der Waals surface area contributed by atoms with Crippen molar-refractivity contribution in [2.24, 2.45) is 0 Å². The lowest BCUT2D eigenvalue weighted by Crippen LogP contribution is -2.58. The molecule has 0 unspecified atom stereocenters. The first-order chi connectivity index (χ1) is 7.90. The Morgan fingerprint density at radius 2 is 2.06 bits per heavy atom. The molecule has 0 atom stereocenters. The van der Waals surface area contributed by atoms with E-state index in [2.05, 4.69) is 35.7 Å². The van der Waals surface area contributed by atoms with Crippen LogP contribution in [0.15, 0.2) is 12.3 Å². The molecule has 17 heavy (non-hydrogen) atoms. The van der Waals surface area contributed by atoms with E-state index in [0.717, 1.165) is 36.7 Å². The Bertz CT molecular complexity index is 414. The number of hydrogen-bond acceptors (Lipinski definition) is 4. The molecule has 2 heterocycles. The van der Waals surface area contributed by atoms with E-state index >= 15 is 0 Å². The number of piperazine rings is 1. The van der Waals surface area contributed by atoms with Crippen molar-refractivity contribution in [2.45, 2.75) is 26.3 Å². The summed E-state index contributed by atoms with van der Waals surface area (Å²) in [6.45, 7) is 9.51. The molecule has 4 heteroatoms. The third-order valence-corrected chi connectivity index (χ3v) is 3.65. The van der Waals surface area contributed by atoms with Crippen LogP contribution in [0.5, 0.6) is 0 Å². The van der Waals surface area contributed by atoms with Gasteiger partial charge in [0.1, 0.15) is 0 Å². The summed E-state index contributed by atoms with van der Waals surface area (Å²) >= 11 is 0. The molecule has 1 saturated heterocycles. The van der Waals surface area contributed by atoms with Gasteiger partial charge in [-0.25, -0.2) is 4.98 Å². The highest BCUT2D eigenvalue weighted by molar-refractivity contribution is 5.63. The highest BCUT2D eigenvalue weighted by Crippen LogP contribution is 2.27. The molecule has 0 aromatic carbocycles. The molecule has 1 fully saturated rings. The van der Waals surface area contributed by atoms with Gasteiger partial charge in [-0.15, -0.1) is 0 Å². The van der Waals surface area contributed by atoms with Gasteiger partial charge < -0.3 is 10.6 Å². The summed E-state index contributed by atoms with van der Waals surface area (Å²) in [6.07, 6.45) is 1.89. The van der Waals surface area contributed by atoms with Gasteiger partial charge in [-0.2, -0.15) is 0 Å². The van der Waals surface area contributed by atoms with E-state index in [0.29, 0.717) is 0 Å². The zero-order valence-corrected chi connectivity index (χ0v) is 11.2. The third kappa shape index (κ3) is 2.36. The van der Waals surface area contributed by atoms with Gasteiger partial charge in [0.2, 0.25) is 0 Å². The Balaban J connectivity index is 2.24. The highest BCUT2D eigenvalue weighted by atomic mass is 15.3. The van der Waals surface area contributed by atoms with E-state index in [1.165, 1.54) is 0 Å². The van der Waals surface area contributed by atoms with Crippen molar-refractivity contribution in [2.75, 3.05) is 37.3 Å². The zero-order valence-electron chi connectivity index (χ0n) is 11.2. The maximum Gasteiger partial charge on any atom is 0.151 e. The van der Waals surface area contributed by atoms with Crippen LogP contribution < -0.4 is 10.6 Å². The van der Waals surface area contributed by atoms with Crippen molar-refractivity contribution in [3.8, 4) is 0 Å². The number of rotatable bonds is 1. The summed E-state index contributed by atoms with van der Waals surface area (Å²) < 4.78 is 0. The molecule has 0 amide bonds. The fourth-order valence-electron chi connectivity index (χ4n) is 2.27. The van der Waals surface area contributed by atoms with Crippen molar-refractivity contribution in [1.82, 2.24) is 9.88 Å². The molecular weight excluding hydrogens is 212 g/mol. The maximum absolute atomic E-state index is 6.06. The van der Waals surface area contributed by atoms with Crippen LogP contribution in [0, 0.1) is 6.92 Å². The molecule has 1 aromatic rings. The topological polar surface area (TPSA) is 45.4 Å². The van der Waals surface area contributed by atoms with Crippen molar-refractivity contribution in [1.29, 1.82) is 0 Å². The summed E-state index contributed by atoms with van der Waals surface area (Å²) in [5.74, 6) is 0.928. The first-order valence-electron chi connectivity index (χ1n) is 6.08. The lowest BCUT2D eigenvalue weighted by molar-refractivity contribution is 0.138. The van der Waals surface area contributed by atoms with Gasteiger partial charge in [0.05, 0.1) is 5.69 Å². The molecule has 1 aromatic heterocycles. The van der Waals surface area contributed by atoms with Crippen molar-refractivity contribution in [3.05, 3.63) is 17.8 Å². The molecule has 2 rings (SSSR count). The Morgan fingerprint density at radius 3 is 2.65 bits per heavy atom. The summed E-state index contributed by atoms with van der Waals surface area (Å²) in [6, 6.07) is 1.99. The van der Waals surface area contributed by atoms with Gasteiger partial charge in [-0.1, -0.05) is 0 Å². The van der Waals surface area contributed by atoms with Crippen molar-refractivity contribution in [3.63, 3.8) is 0 Å². The van der Waals surface area contributed by atoms with Crippen LogP contribution in [0.4, 0.5) is 11.5 Å². The number of likely N-dealkylation sites (N-methyl/N-ethyl adjacent to an activating group) is 1. The quantitative estimate of drug-likeness (QED) is 0.800. The minimum atomic E-state index is 0.164. The number of aromatic nitrogens is 1. The predicted molar refractivity (Wildman–Crippen MR) is 72.3 cm³/mol. The fourth-order valence-corrected chi connectivity index (χ4v) is 2.27. The van der Waals surface area contributed by atoms with Gasteiger partial charge >= 0.3 is 0 Å². The molecule has 1 aliphatic rings. The van der Waals surface area contributed by atoms with Crippen LogP contribution in [-0.2, 0) is 0 Å². The second-order valence-electron chi connectivity index (χ2n) is 5.58. The molecular formula is C13H22N4. The molecule has 1 aliphatic heterocycles. The van der Waals surface area contributed by atoms with Crippen LogP contribution in [0.2, 0.25) is 0 Å². The lowest BCUT2D eigenvalue weighted by atomic mass is 9.99. The molecule has 4 nitrogen and oxygen atoms in total. The summed E-state index contributed by atoms with van der Waals surface area (Å²) in [7, 11) is 2.17. The largest absolute Gasteiger partial charge is 0.396 e. The number of nitrogens with zero attached hydrogens (tertiary/aromatic N) is 3. The molecule has 0 radical (unpaired) electrons.